The molecule has 1 saturated heterocycles. The maximum Gasteiger partial charge on any atom is 0.157 e. The number of alkyl halides is 1. The number of ether oxygens (including phenoxy) is 2. The Morgan fingerprint density at radius 3 is 2.57 bits per heavy atom. The molecule has 0 unspecified atom stereocenters. The number of rotatable bonds is 7. The summed E-state index contributed by atoms with van der Waals surface area (Å²) in [5.41, 5.74) is 0. The van der Waals surface area contributed by atoms with Crippen molar-refractivity contribution >= 4 is 15.9 Å². The molecule has 1 rings (SSSR count). The van der Waals surface area contributed by atoms with Gasteiger partial charge in [0.15, 0.2) is 6.29 Å². The molecule has 14 heavy (non-hydrogen) atoms. The highest BCUT2D eigenvalue weighted by molar-refractivity contribution is 9.09. The van der Waals surface area contributed by atoms with E-state index in [0.29, 0.717) is 0 Å². The fourth-order valence-corrected chi connectivity index (χ4v) is 2.49. The molecule has 1 heterocycles. The molecule has 1 aliphatic rings. The van der Waals surface area contributed by atoms with Gasteiger partial charge in [0.25, 0.3) is 0 Å². The third-order valence-electron chi connectivity index (χ3n) is 2.68. The van der Waals surface area contributed by atoms with Gasteiger partial charge in [-0.2, -0.15) is 0 Å². The monoisotopic (exact) mass is 264 g/mol. The SMILES string of the molecule is C[C@@H](CCBr)CCCCC1OCCO1. The molecule has 0 aliphatic carbocycles. The minimum absolute atomic E-state index is 0.0986. The van der Waals surface area contributed by atoms with Gasteiger partial charge < -0.3 is 9.47 Å². The predicted molar refractivity (Wildman–Crippen MR) is 61.7 cm³/mol. The second kappa shape index (κ2) is 7.66. The van der Waals surface area contributed by atoms with E-state index in [4.69, 9.17) is 9.47 Å². The molecule has 0 amide bonds. The number of halogens is 1. The van der Waals surface area contributed by atoms with Crippen LogP contribution < -0.4 is 0 Å². The van der Waals surface area contributed by atoms with Crippen LogP contribution >= 0.6 is 15.9 Å². The zero-order chi connectivity index (χ0) is 10.2. The quantitative estimate of drug-likeness (QED) is 0.519. The van der Waals surface area contributed by atoms with E-state index in [9.17, 15) is 0 Å². The van der Waals surface area contributed by atoms with E-state index in [0.717, 1.165) is 30.9 Å². The molecular formula is C11H21BrO2. The maximum atomic E-state index is 5.38. The van der Waals surface area contributed by atoms with Gasteiger partial charge >= 0.3 is 0 Å². The van der Waals surface area contributed by atoms with Gasteiger partial charge in [0.05, 0.1) is 13.2 Å². The Labute approximate surface area is 95.5 Å². The summed E-state index contributed by atoms with van der Waals surface area (Å²) in [5.74, 6) is 0.847. The Morgan fingerprint density at radius 2 is 1.93 bits per heavy atom. The first-order chi connectivity index (χ1) is 6.83. The van der Waals surface area contributed by atoms with E-state index < -0.39 is 0 Å². The van der Waals surface area contributed by atoms with Crippen molar-refractivity contribution in [2.24, 2.45) is 5.92 Å². The zero-order valence-corrected chi connectivity index (χ0v) is 10.6. The summed E-state index contributed by atoms with van der Waals surface area (Å²) < 4.78 is 10.8. The van der Waals surface area contributed by atoms with Crippen LogP contribution in [0.5, 0.6) is 0 Å². The summed E-state index contributed by atoms with van der Waals surface area (Å²) in [5, 5.41) is 1.13. The van der Waals surface area contributed by atoms with Crippen molar-refractivity contribution in [1.82, 2.24) is 0 Å². The lowest BCUT2D eigenvalue weighted by molar-refractivity contribution is -0.0481. The lowest BCUT2D eigenvalue weighted by atomic mass is 10.0. The molecular weight excluding hydrogens is 244 g/mol. The van der Waals surface area contributed by atoms with E-state index in [1.54, 1.807) is 0 Å². The third kappa shape index (κ3) is 5.32. The van der Waals surface area contributed by atoms with Gasteiger partial charge in [-0.15, -0.1) is 0 Å². The van der Waals surface area contributed by atoms with Crippen LogP contribution in [0, 0.1) is 5.92 Å². The van der Waals surface area contributed by atoms with Crippen LogP contribution in [-0.4, -0.2) is 24.8 Å². The molecule has 0 aromatic rings. The highest BCUT2D eigenvalue weighted by Gasteiger charge is 2.14. The first kappa shape index (κ1) is 12.5. The van der Waals surface area contributed by atoms with Crippen molar-refractivity contribution in [2.45, 2.75) is 45.3 Å². The molecule has 0 radical (unpaired) electrons. The highest BCUT2D eigenvalue weighted by Crippen LogP contribution is 2.17. The van der Waals surface area contributed by atoms with Crippen molar-refractivity contribution in [1.29, 1.82) is 0 Å². The van der Waals surface area contributed by atoms with Crippen molar-refractivity contribution in [3.63, 3.8) is 0 Å². The minimum atomic E-state index is 0.0986. The van der Waals surface area contributed by atoms with Crippen LogP contribution in [0.15, 0.2) is 0 Å². The van der Waals surface area contributed by atoms with Crippen LogP contribution in [0.4, 0.5) is 0 Å². The van der Waals surface area contributed by atoms with E-state index in [-0.39, 0.29) is 6.29 Å². The molecule has 0 aromatic heterocycles. The number of hydrogen-bond donors (Lipinski definition) is 0. The summed E-state index contributed by atoms with van der Waals surface area (Å²) in [4.78, 5) is 0. The molecule has 3 heteroatoms. The summed E-state index contributed by atoms with van der Waals surface area (Å²) in [6, 6.07) is 0. The fourth-order valence-electron chi connectivity index (χ4n) is 1.71. The Morgan fingerprint density at radius 1 is 1.21 bits per heavy atom. The molecule has 1 fully saturated rings. The summed E-state index contributed by atoms with van der Waals surface area (Å²) in [6.45, 7) is 3.89. The van der Waals surface area contributed by atoms with Crippen molar-refractivity contribution in [2.75, 3.05) is 18.5 Å². The van der Waals surface area contributed by atoms with Gasteiger partial charge in [-0.3, -0.25) is 0 Å². The first-order valence-corrected chi connectivity index (χ1v) is 6.74. The molecule has 0 N–H and O–H groups in total. The van der Waals surface area contributed by atoms with Gasteiger partial charge in [0, 0.05) is 5.33 Å². The Kier molecular flexibility index (Phi) is 6.82. The molecule has 1 aliphatic heterocycles. The topological polar surface area (TPSA) is 18.5 Å². The van der Waals surface area contributed by atoms with E-state index in [1.165, 1.54) is 25.7 Å². The number of hydrogen-bond acceptors (Lipinski definition) is 2. The van der Waals surface area contributed by atoms with Crippen LogP contribution in [0.3, 0.4) is 0 Å². The molecule has 0 bridgehead atoms. The summed E-state index contributed by atoms with van der Waals surface area (Å²) in [6.07, 6.45) is 6.33. The van der Waals surface area contributed by atoms with Crippen molar-refractivity contribution in [3.8, 4) is 0 Å². The smallest absolute Gasteiger partial charge is 0.157 e. The predicted octanol–water partition coefficient (Wildman–Crippen LogP) is 3.34. The molecule has 0 aromatic carbocycles. The molecule has 1 atom stereocenters. The Bertz CT molecular complexity index is 135. The largest absolute Gasteiger partial charge is 0.350 e. The zero-order valence-electron chi connectivity index (χ0n) is 9.01. The molecule has 0 saturated carbocycles. The van der Waals surface area contributed by atoms with Gasteiger partial charge in [0.2, 0.25) is 0 Å². The fraction of sp³-hybridized carbons (Fsp3) is 1.00. The van der Waals surface area contributed by atoms with E-state index in [2.05, 4.69) is 22.9 Å². The van der Waals surface area contributed by atoms with E-state index >= 15 is 0 Å². The second-order valence-corrected chi connectivity index (χ2v) is 4.83. The molecule has 0 spiro atoms. The lowest BCUT2D eigenvalue weighted by Gasteiger charge is -2.11. The van der Waals surface area contributed by atoms with Gasteiger partial charge in [0.1, 0.15) is 0 Å². The average molecular weight is 265 g/mol. The summed E-state index contributed by atoms with van der Waals surface area (Å²) >= 11 is 3.47. The lowest BCUT2D eigenvalue weighted by Crippen LogP contribution is -2.07. The minimum Gasteiger partial charge on any atom is -0.350 e. The highest BCUT2D eigenvalue weighted by atomic mass is 79.9. The van der Waals surface area contributed by atoms with Crippen molar-refractivity contribution in [3.05, 3.63) is 0 Å². The number of unbranched alkanes of at least 4 members (excludes halogenated alkanes) is 1. The van der Waals surface area contributed by atoms with Crippen molar-refractivity contribution < 1.29 is 9.47 Å². The van der Waals surface area contributed by atoms with Crippen LogP contribution in [0.1, 0.15) is 39.0 Å². The Hall–Kier alpha value is 0.400. The molecule has 2 nitrogen and oxygen atoms in total. The van der Waals surface area contributed by atoms with Crippen LogP contribution in [-0.2, 0) is 9.47 Å². The first-order valence-electron chi connectivity index (χ1n) is 5.62. The summed E-state index contributed by atoms with van der Waals surface area (Å²) in [7, 11) is 0. The van der Waals surface area contributed by atoms with Crippen LogP contribution in [0.25, 0.3) is 0 Å². The van der Waals surface area contributed by atoms with Gasteiger partial charge in [-0.05, 0) is 25.2 Å². The van der Waals surface area contributed by atoms with Gasteiger partial charge in [-0.1, -0.05) is 35.7 Å². The van der Waals surface area contributed by atoms with E-state index in [1.807, 2.05) is 0 Å². The molecule has 84 valence electrons. The third-order valence-corrected chi connectivity index (χ3v) is 3.14. The maximum absolute atomic E-state index is 5.38. The second-order valence-electron chi connectivity index (χ2n) is 4.04. The van der Waals surface area contributed by atoms with Gasteiger partial charge in [-0.25, -0.2) is 0 Å². The standard InChI is InChI=1S/C11H21BrO2/c1-10(6-7-12)4-2-3-5-11-13-8-9-14-11/h10-11H,2-9H2,1H3/t10-/m1/s1. The van der Waals surface area contributed by atoms with Crippen LogP contribution in [0.2, 0.25) is 0 Å². The normalized spacial score (nSPS) is 20.1. The Balaban J connectivity index is 1.88. The average Bonchev–Trinajstić information content (AvgIpc) is 2.65.